The molecule has 0 aromatic heterocycles. The van der Waals surface area contributed by atoms with Crippen molar-refractivity contribution in [2.45, 2.75) is 26.2 Å². The Bertz CT molecular complexity index is 384. The molecule has 0 aliphatic heterocycles. The number of allylic oxidation sites excluding steroid dienone is 2. The SMILES string of the molecule is Cc1ccc(NCC2CC=CCC2)c(Br)c1. The molecule has 0 heterocycles. The summed E-state index contributed by atoms with van der Waals surface area (Å²) in [5.41, 5.74) is 2.50. The van der Waals surface area contributed by atoms with Crippen LogP contribution in [0, 0.1) is 12.8 Å². The third kappa shape index (κ3) is 3.11. The van der Waals surface area contributed by atoms with Crippen molar-refractivity contribution >= 4 is 21.6 Å². The molecule has 1 nitrogen and oxygen atoms in total. The maximum Gasteiger partial charge on any atom is 0.0484 e. The third-order valence-electron chi connectivity index (χ3n) is 3.08. The Morgan fingerprint density at radius 3 is 2.94 bits per heavy atom. The van der Waals surface area contributed by atoms with Crippen molar-refractivity contribution in [1.82, 2.24) is 0 Å². The fourth-order valence-corrected chi connectivity index (χ4v) is 2.69. The Morgan fingerprint density at radius 2 is 2.25 bits per heavy atom. The first-order valence-electron chi connectivity index (χ1n) is 5.91. The summed E-state index contributed by atoms with van der Waals surface area (Å²) in [6.45, 7) is 3.19. The molecule has 1 aromatic rings. The van der Waals surface area contributed by atoms with Crippen LogP contribution < -0.4 is 5.32 Å². The number of benzene rings is 1. The monoisotopic (exact) mass is 279 g/mol. The summed E-state index contributed by atoms with van der Waals surface area (Å²) in [6, 6.07) is 6.45. The first kappa shape index (κ1) is 11.7. The Labute approximate surface area is 106 Å². The summed E-state index contributed by atoms with van der Waals surface area (Å²) in [5.74, 6) is 0.790. The van der Waals surface area contributed by atoms with Crippen LogP contribution in [-0.4, -0.2) is 6.54 Å². The molecule has 1 N–H and O–H groups in total. The van der Waals surface area contributed by atoms with Crippen LogP contribution in [-0.2, 0) is 0 Å². The predicted octanol–water partition coefficient (Wildman–Crippen LogP) is 4.53. The van der Waals surface area contributed by atoms with Crippen molar-refractivity contribution in [1.29, 1.82) is 0 Å². The predicted molar refractivity (Wildman–Crippen MR) is 73.8 cm³/mol. The van der Waals surface area contributed by atoms with Gasteiger partial charge >= 0.3 is 0 Å². The fraction of sp³-hybridized carbons (Fsp3) is 0.429. The highest BCUT2D eigenvalue weighted by atomic mass is 79.9. The minimum atomic E-state index is 0.790. The second-order valence-corrected chi connectivity index (χ2v) is 5.37. The van der Waals surface area contributed by atoms with Gasteiger partial charge in [-0.2, -0.15) is 0 Å². The van der Waals surface area contributed by atoms with E-state index in [0.29, 0.717) is 0 Å². The highest BCUT2D eigenvalue weighted by Crippen LogP contribution is 2.25. The molecule has 1 aromatic carbocycles. The van der Waals surface area contributed by atoms with Crippen LogP contribution in [0.5, 0.6) is 0 Å². The van der Waals surface area contributed by atoms with Crippen molar-refractivity contribution in [2.24, 2.45) is 5.92 Å². The van der Waals surface area contributed by atoms with Crippen LogP contribution in [0.3, 0.4) is 0 Å². The summed E-state index contributed by atoms with van der Waals surface area (Å²) < 4.78 is 1.17. The summed E-state index contributed by atoms with van der Waals surface area (Å²) in [4.78, 5) is 0. The van der Waals surface area contributed by atoms with Gasteiger partial charge in [-0.05, 0) is 65.7 Å². The number of anilines is 1. The van der Waals surface area contributed by atoms with E-state index in [1.165, 1.54) is 35.0 Å². The van der Waals surface area contributed by atoms with Gasteiger partial charge in [-0.15, -0.1) is 0 Å². The van der Waals surface area contributed by atoms with E-state index in [-0.39, 0.29) is 0 Å². The van der Waals surface area contributed by atoms with Crippen LogP contribution in [0.1, 0.15) is 24.8 Å². The number of halogens is 1. The van der Waals surface area contributed by atoms with Gasteiger partial charge < -0.3 is 5.32 Å². The second kappa shape index (κ2) is 5.53. The molecular weight excluding hydrogens is 262 g/mol. The van der Waals surface area contributed by atoms with Crippen LogP contribution >= 0.6 is 15.9 Å². The van der Waals surface area contributed by atoms with Gasteiger partial charge in [0.25, 0.3) is 0 Å². The first-order chi connectivity index (χ1) is 7.75. The van der Waals surface area contributed by atoms with Crippen LogP contribution in [0.25, 0.3) is 0 Å². The van der Waals surface area contributed by atoms with Crippen molar-refractivity contribution in [3.63, 3.8) is 0 Å². The van der Waals surface area contributed by atoms with Crippen molar-refractivity contribution in [3.8, 4) is 0 Å². The quantitative estimate of drug-likeness (QED) is 0.802. The average Bonchev–Trinajstić information content (AvgIpc) is 2.29. The van der Waals surface area contributed by atoms with Gasteiger partial charge in [-0.25, -0.2) is 0 Å². The standard InChI is InChI=1S/C14H18BrN/c1-11-7-8-14(13(15)9-11)16-10-12-5-3-2-4-6-12/h2-3,7-9,12,16H,4-6,10H2,1H3. The normalized spacial score (nSPS) is 19.8. The summed E-state index contributed by atoms with van der Waals surface area (Å²) in [5, 5.41) is 3.53. The summed E-state index contributed by atoms with van der Waals surface area (Å²) >= 11 is 3.60. The summed E-state index contributed by atoms with van der Waals surface area (Å²) in [6.07, 6.45) is 8.36. The first-order valence-corrected chi connectivity index (χ1v) is 6.70. The van der Waals surface area contributed by atoms with E-state index in [1.807, 2.05) is 0 Å². The molecule has 0 spiro atoms. The molecule has 0 amide bonds. The van der Waals surface area contributed by atoms with Crippen LogP contribution in [0.4, 0.5) is 5.69 Å². The molecule has 16 heavy (non-hydrogen) atoms. The average molecular weight is 280 g/mol. The molecule has 0 fully saturated rings. The highest BCUT2D eigenvalue weighted by molar-refractivity contribution is 9.10. The molecule has 86 valence electrons. The Kier molecular flexibility index (Phi) is 4.05. The highest BCUT2D eigenvalue weighted by Gasteiger charge is 2.09. The smallest absolute Gasteiger partial charge is 0.0484 e. The second-order valence-electron chi connectivity index (χ2n) is 4.51. The zero-order valence-corrected chi connectivity index (χ0v) is 11.3. The van der Waals surface area contributed by atoms with Gasteiger partial charge in [0.1, 0.15) is 0 Å². The molecule has 1 unspecified atom stereocenters. The topological polar surface area (TPSA) is 12.0 Å². The lowest BCUT2D eigenvalue weighted by molar-refractivity contribution is 0.504. The Morgan fingerprint density at radius 1 is 1.38 bits per heavy atom. The molecule has 0 bridgehead atoms. The third-order valence-corrected chi connectivity index (χ3v) is 3.74. The van der Waals surface area contributed by atoms with Crippen LogP contribution in [0.15, 0.2) is 34.8 Å². The van der Waals surface area contributed by atoms with Crippen molar-refractivity contribution < 1.29 is 0 Å². The molecule has 0 saturated carbocycles. The molecule has 1 atom stereocenters. The van der Waals surface area contributed by atoms with Gasteiger partial charge in [0.05, 0.1) is 0 Å². The Hall–Kier alpha value is -0.760. The number of aryl methyl sites for hydroxylation is 1. The van der Waals surface area contributed by atoms with E-state index in [4.69, 9.17) is 0 Å². The van der Waals surface area contributed by atoms with Gasteiger partial charge in [0.15, 0.2) is 0 Å². The molecule has 0 radical (unpaired) electrons. The number of rotatable bonds is 3. The minimum absolute atomic E-state index is 0.790. The molecule has 1 aliphatic carbocycles. The van der Waals surface area contributed by atoms with E-state index in [0.717, 1.165) is 12.5 Å². The lowest BCUT2D eigenvalue weighted by Crippen LogP contribution is -2.15. The number of nitrogens with one attached hydrogen (secondary N) is 1. The lowest BCUT2D eigenvalue weighted by Gasteiger charge is -2.19. The van der Waals surface area contributed by atoms with E-state index in [1.54, 1.807) is 0 Å². The van der Waals surface area contributed by atoms with E-state index in [9.17, 15) is 0 Å². The zero-order chi connectivity index (χ0) is 11.4. The lowest BCUT2D eigenvalue weighted by atomic mass is 9.94. The van der Waals surface area contributed by atoms with E-state index >= 15 is 0 Å². The fourth-order valence-electron chi connectivity index (χ4n) is 2.06. The van der Waals surface area contributed by atoms with Crippen LogP contribution in [0.2, 0.25) is 0 Å². The summed E-state index contributed by atoms with van der Waals surface area (Å²) in [7, 11) is 0. The largest absolute Gasteiger partial charge is 0.384 e. The van der Waals surface area contributed by atoms with Gasteiger partial charge in [-0.1, -0.05) is 18.2 Å². The zero-order valence-electron chi connectivity index (χ0n) is 9.67. The van der Waals surface area contributed by atoms with E-state index < -0.39 is 0 Å². The van der Waals surface area contributed by atoms with Crippen molar-refractivity contribution in [2.75, 3.05) is 11.9 Å². The van der Waals surface area contributed by atoms with Gasteiger partial charge in [0.2, 0.25) is 0 Å². The number of hydrogen-bond acceptors (Lipinski definition) is 1. The molecule has 2 rings (SSSR count). The Balaban J connectivity index is 1.91. The van der Waals surface area contributed by atoms with E-state index in [2.05, 4.69) is 58.5 Å². The minimum Gasteiger partial charge on any atom is -0.384 e. The van der Waals surface area contributed by atoms with Crippen molar-refractivity contribution in [3.05, 3.63) is 40.4 Å². The molecule has 2 heteroatoms. The maximum absolute atomic E-state index is 3.60. The number of hydrogen-bond donors (Lipinski definition) is 1. The molecule has 1 aliphatic rings. The van der Waals surface area contributed by atoms with Gasteiger partial charge in [0, 0.05) is 16.7 Å². The molecule has 0 saturated heterocycles. The maximum atomic E-state index is 3.60. The molecular formula is C14H18BrN. The van der Waals surface area contributed by atoms with Gasteiger partial charge in [-0.3, -0.25) is 0 Å².